The number of carbonyl (C=O) groups excluding carboxylic acids is 1. The SMILES string of the molecule is O=C(OCC1COCO1)C(F)(OC(F)(F)C(F)(F)C(F)(F)F)C(F)(F)F. The third-order valence-electron chi connectivity index (χ3n) is 2.71. The Morgan fingerprint density at radius 1 is 0.923 bits per heavy atom. The van der Waals surface area contributed by atoms with Gasteiger partial charge in [0.15, 0.2) is 0 Å². The van der Waals surface area contributed by atoms with E-state index in [0.29, 0.717) is 0 Å². The van der Waals surface area contributed by atoms with Crippen LogP contribution >= 0.6 is 0 Å². The molecule has 154 valence electrons. The number of halogens is 11. The molecule has 1 heterocycles. The van der Waals surface area contributed by atoms with Gasteiger partial charge < -0.3 is 14.2 Å². The summed E-state index contributed by atoms with van der Waals surface area (Å²) in [6, 6.07) is 0. The minimum absolute atomic E-state index is 0.373. The number of esters is 1. The van der Waals surface area contributed by atoms with Crippen LogP contribution in [0, 0.1) is 0 Å². The van der Waals surface area contributed by atoms with E-state index in [4.69, 9.17) is 0 Å². The highest BCUT2D eigenvalue weighted by atomic mass is 19.4. The van der Waals surface area contributed by atoms with Crippen molar-refractivity contribution in [3.63, 3.8) is 0 Å². The Balaban J connectivity index is 3.06. The summed E-state index contributed by atoms with van der Waals surface area (Å²) in [6.07, 6.45) is -22.3. The molecule has 0 aromatic heterocycles. The van der Waals surface area contributed by atoms with Crippen LogP contribution in [0.25, 0.3) is 0 Å². The average molecular weight is 416 g/mol. The first-order chi connectivity index (χ1) is 11.5. The molecule has 1 saturated heterocycles. The molecule has 2 unspecified atom stereocenters. The van der Waals surface area contributed by atoms with Crippen molar-refractivity contribution in [2.75, 3.05) is 20.0 Å². The fourth-order valence-electron chi connectivity index (χ4n) is 1.35. The molecule has 0 aromatic rings. The van der Waals surface area contributed by atoms with Crippen LogP contribution in [0.15, 0.2) is 0 Å². The molecule has 0 N–H and O–H groups in total. The quantitative estimate of drug-likeness (QED) is 0.493. The van der Waals surface area contributed by atoms with E-state index in [1.54, 1.807) is 0 Å². The Hall–Kier alpha value is -1.42. The first kappa shape index (κ1) is 22.6. The Morgan fingerprint density at radius 3 is 1.85 bits per heavy atom. The molecule has 1 aliphatic heterocycles. The summed E-state index contributed by atoms with van der Waals surface area (Å²) in [4.78, 5) is 11.1. The minimum atomic E-state index is -7.26. The summed E-state index contributed by atoms with van der Waals surface area (Å²) in [5, 5.41) is 0. The average Bonchev–Trinajstić information content (AvgIpc) is 2.94. The number of rotatable bonds is 6. The number of hydrogen-bond acceptors (Lipinski definition) is 5. The van der Waals surface area contributed by atoms with Crippen LogP contribution in [-0.4, -0.2) is 62.3 Å². The van der Waals surface area contributed by atoms with E-state index in [1.807, 2.05) is 4.74 Å². The smallest absolute Gasteiger partial charge is 0.458 e. The van der Waals surface area contributed by atoms with E-state index in [0.717, 1.165) is 0 Å². The van der Waals surface area contributed by atoms with Crippen LogP contribution in [0.2, 0.25) is 0 Å². The van der Waals surface area contributed by atoms with E-state index >= 15 is 0 Å². The van der Waals surface area contributed by atoms with Crippen molar-refractivity contribution in [2.24, 2.45) is 0 Å². The van der Waals surface area contributed by atoms with Crippen molar-refractivity contribution in [3.8, 4) is 0 Å². The maximum absolute atomic E-state index is 13.7. The molecule has 26 heavy (non-hydrogen) atoms. The zero-order valence-electron chi connectivity index (χ0n) is 11.9. The van der Waals surface area contributed by atoms with Crippen LogP contribution in [0.1, 0.15) is 0 Å². The number of ether oxygens (including phenoxy) is 4. The van der Waals surface area contributed by atoms with Crippen LogP contribution in [0.3, 0.4) is 0 Å². The Kier molecular flexibility index (Phi) is 6.05. The van der Waals surface area contributed by atoms with E-state index in [-0.39, 0.29) is 6.61 Å². The van der Waals surface area contributed by atoms with Crippen LogP contribution in [0.5, 0.6) is 0 Å². The van der Waals surface area contributed by atoms with Gasteiger partial charge >= 0.3 is 36.2 Å². The molecule has 0 radical (unpaired) electrons. The van der Waals surface area contributed by atoms with E-state index in [9.17, 15) is 53.1 Å². The monoisotopic (exact) mass is 416 g/mol. The van der Waals surface area contributed by atoms with E-state index in [1.165, 1.54) is 0 Å². The van der Waals surface area contributed by atoms with Gasteiger partial charge in [0.2, 0.25) is 0 Å². The molecule has 16 heteroatoms. The van der Waals surface area contributed by atoms with Crippen molar-refractivity contribution in [1.29, 1.82) is 0 Å². The third-order valence-corrected chi connectivity index (χ3v) is 2.71. The van der Waals surface area contributed by atoms with Gasteiger partial charge in [-0.05, 0) is 0 Å². The molecule has 0 bridgehead atoms. The standard InChI is InChI=1S/C10H7F11O5/c11-6(8(14,15)16,5(22)24-2-4-1-23-3-25-4)26-10(20,21)7(12,13)9(17,18)19/h4H,1-3H2. The van der Waals surface area contributed by atoms with Gasteiger partial charge in [-0.2, -0.15) is 48.3 Å². The van der Waals surface area contributed by atoms with Crippen molar-refractivity contribution >= 4 is 5.97 Å². The van der Waals surface area contributed by atoms with Gasteiger partial charge in [-0.15, -0.1) is 0 Å². The van der Waals surface area contributed by atoms with Gasteiger partial charge in [-0.3, -0.25) is 4.74 Å². The summed E-state index contributed by atoms with van der Waals surface area (Å²) >= 11 is 0. The molecule has 0 aromatic carbocycles. The second-order valence-electron chi connectivity index (χ2n) is 4.66. The highest BCUT2D eigenvalue weighted by molar-refractivity contribution is 5.79. The second kappa shape index (κ2) is 6.95. The van der Waals surface area contributed by atoms with Gasteiger partial charge in [0.1, 0.15) is 19.5 Å². The summed E-state index contributed by atoms with van der Waals surface area (Å²) in [5.74, 6) is -16.9. The van der Waals surface area contributed by atoms with Gasteiger partial charge in [-0.1, -0.05) is 0 Å². The van der Waals surface area contributed by atoms with Gasteiger partial charge in [0.25, 0.3) is 0 Å². The molecule has 1 fully saturated rings. The van der Waals surface area contributed by atoms with Crippen LogP contribution in [-0.2, 0) is 23.7 Å². The summed E-state index contributed by atoms with van der Waals surface area (Å²) in [7, 11) is 0. The van der Waals surface area contributed by atoms with E-state index < -0.39 is 55.7 Å². The summed E-state index contributed by atoms with van der Waals surface area (Å²) in [6.45, 7) is -2.00. The largest absolute Gasteiger partial charge is 0.462 e. The summed E-state index contributed by atoms with van der Waals surface area (Å²) in [5.41, 5.74) is 0. The second-order valence-corrected chi connectivity index (χ2v) is 4.66. The predicted molar refractivity (Wildman–Crippen MR) is 53.6 cm³/mol. The topological polar surface area (TPSA) is 54.0 Å². The van der Waals surface area contributed by atoms with Crippen molar-refractivity contribution < 1.29 is 72.0 Å². The molecule has 0 aliphatic carbocycles. The lowest BCUT2D eigenvalue weighted by Crippen LogP contribution is -2.62. The zero-order valence-corrected chi connectivity index (χ0v) is 11.9. The lowest BCUT2D eigenvalue weighted by Gasteiger charge is -2.33. The number of alkyl halides is 11. The first-order valence-electron chi connectivity index (χ1n) is 6.10. The van der Waals surface area contributed by atoms with Gasteiger partial charge in [-0.25, -0.2) is 4.79 Å². The number of carbonyl (C=O) groups is 1. The highest BCUT2D eigenvalue weighted by Crippen LogP contribution is 2.51. The Bertz CT molecular complexity index is 510. The van der Waals surface area contributed by atoms with E-state index in [2.05, 4.69) is 14.2 Å². The van der Waals surface area contributed by atoms with Crippen LogP contribution < -0.4 is 0 Å². The minimum Gasteiger partial charge on any atom is -0.458 e. The molecule has 1 aliphatic rings. The fourth-order valence-corrected chi connectivity index (χ4v) is 1.35. The molecular formula is C10H7F11O5. The van der Waals surface area contributed by atoms with Crippen molar-refractivity contribution in [1.82, 2.24) is 0 Å². The normalized spacial score (nSPS) is 22.2. The zero-order chi connectivity index (χ0) is 20.6. The fraction of sp³-hybridized carbons (Fsp3) is 0.900. The molecule has 1 rings (SSSR count). The lowest BCUT2D eigenvalue weighted by atomic mass is 10.2. The maximum Gasteiger partial charge on any atom is 0.462 e. The van der Waals surface area contributed by atoms with Crippen molar-refractivity contribution in [2.45, 2.75) is 36.3 Å². The molecular weight excluding hydrogens is 409 g/mol. The molecule has 0 spiro atoms. The van der Waals surface area contributed by atoms with Gasteiger partial charge in [0, 0.05) is 0 Å². The molecule has 0 amide bonds. The Morgan fingerprint density at radius 2 is 1.46 bits per heavy atom. The third kappa shape index (κ3) is 4.28. The molecule has 2 atom stereocenters. The highest BCUT2D eigenvalue weighted by Gasteiger charge is 2.80. The van der Waals surface area contributed by atoms with Crippen LogP contribution in [0.4, 0.5) is 48.3 Å². The first-order valence-corrected chi connectivity index (χ1v) is 6.10. The number of hydrogen-bond donors (Lipinski definition) is 0. The Labute approximate surface area is 135 Å². The van der Waals surface area contributed by atoms with Gasteiger partial charge in [0.05, 0.1) is 6.61 Å². The summed E-state index contributed by atoms with van der Waals surface area (Å²) < 4.78 is 153. The maximum atomic E-state index is 13.7. The lowest BCUT2D eigenvalue weighted by molar-refractivity contribution is -0.475. The molecule has 5 nitrogen and oxygen atoms in total. The predicted octanol–water partition coefficient (Wildman–Crippen LogP) is 2.94. The van der Waals surface area contributed by atoms with Crippen molar-refractivity contribution in [3.05, 3.63) is 0 Å². The molecule has 0 saturated carbocycles.